The van der Waals surface area contributed by atoms with Crippen LogP contribution < -0.4 is 0 Å². The molecule has 2 heterocycles. The van der Waals surface area contributed by atoms with Gasteiger partial charge in [0.05, 0.1) is 24.6 Å². The Hall–Kier alpha value is -1.84. The van der Waals surface area contributed by atoms with Crippen LogP contribution in [0, 0.1) is 0 Å². The van der Waals surface area contributed by atoms with Crippen LogP contribution in [0.1, 0.15) is 29.9 Å². The lowest BCUT2D eigenvalue weighted by Gasteiger charge is -2.09. The molecule has 2 rings (SSSR count). The monoisotopic (exact) mass is 218 g/mol. The maximum atomic E-state index is 11.9. The molecule has 0 unspecified atom stereocenters. The van der Waals surface area contributed by atoms with E-state index in [-0.39, 0.29) is 5.97 Å². The fourth-order valence-electron chi connectivity index (χ4n) is 1.75. The predicted molar refractivity (Wildman–Crippen MR) is 60.5 cm³/mol. The summed E-state index contributed by atoms with van der Waals surface area (Å²) in [6.45, 7) is 4.20. The number of fused-ring (bicyclic) bond motifs is 1. The van der Waals surface area contributed by atoms with E-state index < -0.39 is 0 Å². The second-order valence-electron chi connectivity index (χ2n) is 3.47. The molecule has 0 bridgehead atoms. The van der Waals surface area contributed by atoms with Gasteiger partial charge in [0.15, 0.2) is 0 Å². The second kappa shape index (κ2) is 4.35. The summed E-state index contributed by atoms with van der Waals surface area (Å²) < 4.78 is 6.84. The van der Waals surface area contributed by atoms with Crippen molar-refractivity contribution in [2.75, 3.05) is 6.61 Å². The van der Waals surface area contributed by atoms with Crippen LogP contribution in [0.4, 0.5) is 0 Å². The molecule has 0 saturated heterocycles. The number of imidazole rings is 1. The van der Waals surface area contributed by atoms with Gasteiger partial charge in [-0.3, -0.25) is 4.40 Å². The second-order valence-corrected chi connectivity index (χ2v) is 3.47. The van der Waals surface area contributed by atoms with E-state index in [1.54, 1.807) is 23.8 Å². The maximum Gasteiger partial charge on any atom is 0.355 e. The van der Waals surface area contributed by atoms with Crippen molar-refractivity contribution in [3.63, 3.8) is 0 Å². The summed E-state index contributed by atoms with van der Waals surface area (Å²) in [6, 6.07) is 3.90. The number of hydrogen-bond donors (Lipinski definition) is 0. The minimum absolute atomic E-state index is 0.289. The van der Waals surface area contributed by atoms with E-state index in [1.807, 2.05) is 19.1 Å². The van der Waals surface area contributed by atoms with E-state index in [4.69, 9.17) is 4.74 Å². The average Bonchev–Trinajstić information content (AvgIpc) is 2.75. The average molecular weight is 218 g/mol. The number of carbonyl (C=O) groups is 1. The molecule has 0 aliphatic rings. The highest BCUT2D eigenvalue weighted by Crippen LogP contribution is 2.15. The molecule has 0 saturated carbocycles. The molecule has 2 aromatic heterocycles. The van der Waals surface area contributed by atoms with Gasteiger partial charge in [0.2, 0.25) is 0 Å². The molecule has 0 amide bonds. The first-order valence-electron chi connectivity index (χ1n) is 5.39. The SMILES string of the molecule is CCOC(=O)c1c(CC)ccc2cncn12. The van der Waals surface area contributed by atoms with Crippen molar-refractivity contribution in [1.29, 1.82) is 0 Å². The van der Waals surface area contributed by atoms with Gasteiger partial charge in [-0.2, -0.15) is 0 Å². The van der Waals surface area contributed by atoms with Gasteiger partial charge in [0.25, 0.3) is 0 Å². The van der Waals surface area contributed by atoms with E-state index in [0.717, 1.165) is 17.5 Å². The zero-order valence-corrected chi connectivity index (χ0v) is 9.43. The smallest absolute Gasteiger partial charge is 0.355 e. The Morgan fingerprint density at radius 3 is 2.94 bits per heavy atom. The Labute approximate surface area is 93.9 Å². The molecule has 0 atom stereocenters. The number of rotatable bonds is 3. The molecule has 4 heteroatoms. The summed E-state index contributed by atoms with van der Waals surface area (Å²) in [5.41, 5.74) is 2.46. The van der Waals surface area contributed by atoms with Gasteiger partial charge < -0.3 is 4.74 Å². The highest BCUT2D eigenvalue weighted by Gasteiger charge is 2.15. The number of pyridine rings is 1. The normalized spacial score (nSPS) is 10.6. The fourth-order valence-corrected chi connectivity index (χ4v) is 1.75. The van der Waals surface area contributed by atoms with Gasteiger partial charge in [-0.05, 0) is 25.0 Å². The summed E-state index contributed by atoms with van der Waals surface area (Å²) >= 11 is 0. The van der Waals surface area contributed by atoms with Crippen LogP contribution in [0.2, 0.25) is 0 Å². The Morgan fingerprint density at radius 1 is 1.44 bits per heavy atom. The quantitative estimate of drug-likeness (QED) is 0.741. The van der Waals surface area contributed by atoms with Crippen LogP contribution in [0.3, 0.4) is 0 Å². The van der Waals surface area contributed by atoms with Crippen LogP contribution >= 0.6 is 0 Å². The number of aryl methyl sites for hydroxylation is 1. The number of aromatic nitrogens is 2. The summed E-state index contributed by atoms with van der Waals surface area (Å²) in [6.07, 6.45) is 4.16. The van der Waals surface area contributed by atoms with E-state index in [0.29, 0.717) is 12.3 Å². The van der Waals surface area contributed by atoms with Gasteiger partial charge in [-0.15, -0.1) is 0 Å². The first-order chi connectivity index (χ1) is 7.77. The number of hydrogen-bond acceptors (Lipinski definition) is 3. The summed E-state index contributed by atoms with van der Waals surface area (Å²) in [4.78, 5) is 15.9. The number of carbonyl (C=O) groups excluding carboxylic acids is 1. The summed E-state index contributed by atoms with van der Waals surface area (Å²) in [7, 11) is 0. The van der Waals surface area contributed by atoms with Gasteiger partial charge in [-0.1, -0.05) is 13.0 Å². The van der Waals surface area contributed by atoms with Crippen molar-refractivity contribution in [3.8, 4) is 0 Å². The predicted octanol–water partition coefficient (Wildman–Crippen LogP) is 2.07. The molecule has 0 N–H and O–H groups in total. The van der Waals surface area contributed by atoms with Gasteiger partial charge >= 0.3 is 5.97 Å². The number of nitrogens with zero attached hydrogens (tertiary/aromatic N) is 2. The minimum atomic E-state index is -0.289. The van der Waals surface area contributed by atoms with Crippen LogP contribution in [0.15, 0.2) is 24.7 Å². The van der Waals surface area contributed by atoms with Crippen molar-refractivity contribution < 1.29 is 9.53 Å². The molecule has 0 spiro atoms. The third-order valence-corrected chi connectivity index (χ3v) is 2.52. The molecule has 84 valence electrons. The van der Waals surface area contributed by atoms with Crippen LogP contribution in [0.5, 0.6) is 0 Å². The van der Waals surface area contributed by atoms with E-state index in [9.17, 15) is 4.79 Å². The molecule has 4 nitrogen and oxygen atoms in total. The lowest BCUT2D eigenvalue weighted by Crippen LogP contribution is -2.13. The highest BCUT2D eigenvalue weighted by atomic mass is 16.5. The van der Waals surface area contributed by atoms with E-state index in [1.165, 1.54) is 0 Å². The molecular formula is C12H14N2O2. The topological polar surface area (TPSA) is 43.6 Å². The number of ether oxygens (including phenoxy) is 1. The first kappa shape index (κ1) is 10.7. The molecule has 0 aliphatic heterocycles. The Kier molecular flexibility index (Phi) is 2.90. The third-order valence-electron chi connectivity index (χ3n) is 2.52. The molecule has 0 radical (unpaired) electrons. The fraction of sp³-hybridized carbons (Fsp3) is 0.333. The van der Waals surface area contributed by atoms with Crippen molar-refractivity contribution in [2.24, 2.45) is 0 Å². The Bertz CT molecular complexity index is 517. The third kappa shape index (κ3) is 1.66. The minimum Gasteiger partial charge on any atom is -0.461 e. The van der Waals surface area contributed by atoms with E-state index in [2.05, 4.69) is 4.98 Å². The highest BCUT2D eigenvalue weighted by molar-refractivity contribution is 5.90. The molecule has 2 aromatic rings. The van der Waals surface area contributed by atoms with Crippen molar-refractivity contribution in [2.45, 2.75) is 20.3 Å². The van der Waals surface area contributed by atoms with Crippen LogP contribution in [0.25, 0.3) is 5.52 Å². The molecule has 0 fully saturated rings. The molecule has 0 aliphatic carbocycles. The van der Waals surface area contributed by atoms with Crippen molar-refractivity contribution in [3.05, 3.63) is 35.9 Å². The van der Waals surface area contributed by atoms with Gasteiger partial charge in [0.1, 0.15) is 5.69 Å². The standard InChI is InChI=1S/C12H14N2O2/c1-3-9-5-6-10-7-13-8-14(10)11(9)12(15)16-4-2/h5-8H,3-4H2,1-2H3. The Balaban J connectivity index is 2.61. The summed E-state index contributed by atoms with van der Waals surface area (Å²) in [5.74, 6) is -0.289. The van der Waals surface area contributed by atoms with Crippen LogP contribution in [-0.4, -0.2) is 22.0 Å². The zero-order chi connectivity index (χ0) is 11.5. The molecule has 0 aromatic carbocycles. The van der Waals surface area contributed by atoms with Gasteiger partial charge in [-0.25, -0.2) is 9.78 Å². The first-order valence-corrected chi connectivity index (χ1v) is 5.39. The lowest BCUT2D eigenvalue weighted by molar-refractivity contribution is 0.0516. The largest absolute Gasteiger partial charge is 0.461 e. The zero-order valence-electron chi connectivity index (χ0n) is 9.43. The maximum absolute atomic E-state index is 11.9. The molecular weight excluding hydrogens is 204 g/mol. The summed E-state index contributed by atoms with van der Waals surface area (Å²) in [5, 5.41) is 0. The van der Waals surface area contributed by atoms with Crippen LogP contribution in [-0.2, 0) is 11.2 Å². The van der Waals surface area contributed by atoms with E-state index >= 15 is 0 Å². The molecule has 16 heavy (non-hydrogen) atoms. The lowest BCUT2D eigenvalue weighted by atomic mass is 10.1. The van der Waals surface area contributed by atoms with Gasteiger partial charge in [0, 0.05) is 0 Å². The Morgan fingerprint density at radius 2 is 2.25 bits per heavy atom. The van der Waals surface area contributed by atoms with Crippen molar-refractivity contribution >= 4 is 11.5 Å². The number of esters is 1. The van der Waals surface area contributed by atoms with Crippen molar-refractivity contribution in [1.82, 2.24) is 9.38 Å².